The number of pyridine rings is 1. The van der Waals surface area contributed by atoms with Crippen LogP contribution in [-0.4, -0.2) is 10.3 Å². The Kier molecular flexibility index (Phi) is 6.31. The van der Waals surface area contributed by atoms with Gasteiger partial charge < -0.3 is 10.0 Å². The minimum absolute atomic E-state index is 0.103. The average Bonchev–Trinajstić information content (AvgIpc) is 2.54. The maximum absolute atomic E-state index is 14.2. The van der Waals surface area contributed by atoms with E-state index in [0.29, 0.717) is 17.1 Å². The number of benzene rings is 1. The number of hydrogen-bond donors (Lipinski definition) is 2. The molecule has 0 saturated carbocycles. The van der Waals surface area contributed by atoms with Gasteiger partial charge in [-0.3, -0.25) is 9.36 Å². The van der Waals surface area contributed by atoms with Gasteiger partial charge in [0.25, 0.3) is 5.56 Å². The minimum atomic E-state index is -0.340. The van der Waals surface area contributed by atoms with Gasteiger partial charge in [0.1, 0.15) is 11.6 Å². The molecular weight excluding hydrogens is 325 g/mol. The van der Waals surface area contributed by atoms with Crippen LogP contribution in [0.25, 0.3) is 0 Å². The Morgan fingerprint density at radius 1 is 1.21 bits per heavy atom. The summed E-state index contributed by atoms with van der Waals surface area (Å²) < 4.78 is 18.9. The lowest BCUT2D eigenvalue weighted by Crippen LogP contribution is -2.22. The first-order valence-electron chi connectivity index (χ1n) is 8.05. The van der Waals surface area contributed by atoms with E-state index in [1.54, 1.807) is 38.1 Å². The zero-order valence-electron chi connectivity index (χ0n) is 14.6. The molecule has 1 heterocycles. The highest BCUT2D eigenvalue weighted by molar-refractivity contribution is 8.00. The highest BCUT2D eigenvalue weighted by Gasteiger charge is 2.13. The van der Waals surface area contributed by atoms with E-state index in [0.717, 1.165) is 29.8 Å². The van der Waals surface area contributed by atoms with Gasteiger partial charge in [0.15, 0.2) is 0 Å². The van der Waals surface area contributed by atoms with E-state index in [2.05, 4.69) is 17.0 Å². The van der Waals surface area contributed by atoms with Gasteiger partial charge in [-0.25, -0.2) is 4.39 Å². The predicted molar refractivity (Wildman–Crippen MR) is 102 cm³/mol. The fraction of sp³-hybridized carbons (Fsp3) is 0.389. The van der Waals surface area contributed by atoms with Gasteiger partial charge in [0, 0.05) is 18.4 Å². The van der Waals surface area contributed by atoms with Crippen LogP contribution in [-0.2, 0) is 7.05 Å². The van der Waals surface area contributed by atoms with Crippen LogP contribution in [0.2, 0.25) is 0 Å². The Hall–Kier alpha value is -1.95. The zero-order chi connectivity index (χ0) is 17.7. The van der Waals surface area contributed by atoms with Crippen LogP contribution >= 0.6 is 11.9 Å². The van der Waals surface area contributed by atoms with Crippen LogP contribution in [0.1, 0.15) is 30.9 Å². The molecule has 0 amide bonds. The Morgan fingerprint density at radius 2 is 1.96 bits per heavy atom. The number of aromatic nitrogens is 1. The van der Waals surface area contributed by atoms with E-state index < -0.39 is 0 Å². The number of halogens is 1. The zero-order valence-corrected chi connectivity index (χ0v) is 15.4. The van der Waals surface area contributed by atoms with Crippen molar-refractivity contribution in [2.24, 2.45) is 7.05 Å². The lowest BCUT2D eigenvalue weighted by atomic mass is 10.2. The Labute approximate surface area is 146 Å². The lowest BCUT2D eigenvalue weighted by Gasteiger charge is -2.18. The second kappa shape index (κ2) is 8.24. The third kappa shape index (κ3) is 4.32. The monoisotopic (exact) mass is 349 g/mol. The van der Waals surface area contributed by atoms with Gasteiger partial charge in [0.2, 0.25) is 0 Å². The molecule has 0 bridgehead atoms. The first kappa shape index (κ1) is 18.4. The molecule has 0 unspecified atom stereocenters. The van der Waals surface area contributed by atoms with Gasteiger partial charge in [-0.1, -0.05) is 31.4 Å². The summed E-state index contributed by atoms with van der Waals surface area (Å²) in [5, 5.41) is 3.06. The summed E-state index contributed by atoms with van der Waals surface area (Å²) in [7, 11) is 1.69. The second-order valence-corrected chi connectivity index (χ2v) is 6.77. The normalized spacial score (nSPS) is 10.7. The highest BCUT2D eigenvalue weighted by atomic mass is 32.2. The molecule has 0 spiro atoms. The number of rotatable bonds is 7. The van der Waals surface area contributed by atoms with E-state index in [9.17, 15) is 9.18 Å². The standard InChI is InChI=1S/C18H24FN3OS/c1-5-6-9-24-21-16-11-13(3)18(23)22(4)17(16)20-15-8-7-12(2)10-14(15)19/h7-8,10-11,20-21H,5-6,9H2,1-4H3. The Bertz CT molecular complexity index is 774. The maximum Gasteiger partial charge on any atom is 0.254 e. The molecule has 2 rings (SSSR count). The molecule has 4 nitrogen and oxygen atoms in total. The summed E-state index contributed by atoms with van der Waals surface area (Å²) >= 11 is 1.59. The van der Waals surface area contributed by atoms with Crippen molar-refractivity contribution < 1.29 is 4.39 Å². The van der Waals surface area contributed by atoms with Crippen molar-refractivity contribution in [3.63, 3.8) is 0 Å². The third-order valence-corrected chi connectivity index (χ3v) is 4.61. The van der Waals surface area contributed by atoms with E-state index in [1.165, 1.54) is 10.6 Å². The number of nitrogens with zero attached hydrogens (tertiary/aromatic N) is 1. The summed E-state index contributed by atoms with van der Waals surface area (Å²) in [5.74, 6) is 1.18. The van der Waals surface area contributed by atoms with Gasteiger partial charge in [-0.05, 0) is 44.0 Å². The Balaban J connectivity index is 2.35. The summed E-state index contributed by atoms with van der Waals surface area (Å²) in [6.07, 6.45) is 2.23. The molecule has 0 aliphatic rings. The van der Waals surface area contributed by atoms with Gasteiger partial charge in [-0.2, -0.15) is 0 Å². The fourth-order valence-electron chi connectivity index (χ4n) is 2.32. The number of nitrogens with one attached hydrogen (secondary N) is 2. The summed E-state index contributed by atoms with van der Waals surface area (Å²) in [5.41, 5.74) is 2.52. The first-order valence-corrected chi connectivity index (χ1v) is 9.04. The Morgan fingerprint density at radius 3 is 2.62 bits per heavy atom. The van der Waals surface area contributed by atoms with Crippen LogP contribution in [0, 0.1) is 19.7 Å². The van der Waals surface area contributed by atoms with Crippen LogP contribution in [0.4, 0.5) is 21.6 Å². The van der Waals surface area contributed by atoms with Crippen LogP contribution in [0.3, 0.4) is 0 Å². The topological polar surface area (TPSA) is 46.1 Å². The molecule has 24 heavy (non-hydrogen) atoms. The van der Waals surface area contributed by atoms with E-state index in [4.69, 9.17) is 0 Å². The largest absolute Gasteiger partial charge is 0.337 e. The van der Waals surface area contributed by atoms with Gasteiger partial charge in [-0.15, -0.1) is 0 Å². The minimum Gasteiger partial charge on any atom is -0.337 e. The molecule has 2 aromatic rings. The number of unbranched alkanes of at least 4 members (excludes halogenated alkanes) is 1. The van der Waals surface area contributed by atoms with Crippen molar-refractivity contribution in [1.82, 2.24) is 4.57 Å². The molecule has 1 aromatic carbocycles. The van der Waals surface area contributed by atoms with Crippen molar-refractivity contribution in [2.45, 2.75) is 33.6 Å². The van der Waals surface area contributed by atoms with Crippen molar-refractivity contribution in [1.29, 1.82) is 0 Å². The summed E-state index contributed by atoms with van der Waals surface area (Å²) in [6, 6.07) is 6.79. The molecule has 0 atom stereocenters. The van der Waals surface area contributed by atoms with Crippen LogP contribution < -0.4 is 15.6 Å². The van der Waals surface area contributed by atoms with Crippen LogP contribution in [0.15, 0.2) is 29.1 Å². The molecule has 1 aromatic heterocycles. The molecule has 2 N–H and O–H groups in total. The molecule has 6 heteroatoms. The first-order chi connectivity index (χ1) is 11.4. The molecule has 0 radical (unpaired) electrons. The average molecular weight is 349 g/mol. The molecule has 130 valence electrons. The van der Waals surface area contributed by atoms with Gasteiger partial charge in [0.05, 0.1) is 11.4 Å². The molecule has 0 saturated heterocycles. The molecule has 0 fully saturated rings. The predicted octanol–water partition coefficient (Wildman–Crippen LogP) is 4.75. The van der Waals surface area contributed by atoms with Crippen molar-refractivity contribution in [3.8, 4) is 0 Å². The molecular formula is C18H24FN3OS. The quantitative estimate of drug-likeness (QED) is 0.559. The van der Waals surface area contributed by atoms with Crippen molar-refractivity contribution in [3.05, 3.63) is 51.6 Å². The van der Waals surface area contributed by atoms with E-state index in [1.807, 2.05) is 13.0 Å². The molecule has 0 aliphatic heterocycles. The third-order valence-electron chi connectivity index (χ3n) is 3.75. The van der Waals surface area contributed by atoms with E-state index >= 15 is 0 Å². The summed E-state index contributed by atoms with van der Waals surface area (Å²) in [4.78, 5) is 12.2. The smallest absolute Gasteiger partial charge is 0.254 e. The number of anilines is 3. The lowest BCUT2D eigenvalue weighted by molar-refractivity contribution is 0.630. The number of aryl methyl sites for hydroxylation is 2. The fourth-order valence-corrected chi connectivity index (χ4v) is 3.16. The second-order valence-electron chi connectivity index (χ2n) is 5.87. The maximum atomic E-state index is 14.2. The molecule has 0 aliphatic carbocycles. The highest BCUT2D eigenvalue weighted by Crippen LogP contribution is 2.28. The van der Waals surface area contributed by atoms with Gasteiger partial charge >= 0.3 is 0 Å². The van der Waals surface area contributed by atoms with E-state index in [-0.39, 0.29) is 11.4 Å². The number of hydrogen-bond acceptors (Lipinski definition) is 4. The summed E-state index contributed by atoms with van der Waals surface area (Å²) in [6.45, 7) is 5.76. The van der Waals surface area contributed by atoms with Crippen molar-refractivity contribution >= 4 is 29.1 Å². The van der Waals surface area contributed by atoms with Crippen molar-refractivity contribution in [2.75, 3.05) is 15.8 Å². The van der Waals surface area contributed by atoms with Crippen LogP contribution in [0.5, 0.6) is 0 Å². The SMILES string of the molecule is CCCCSNc1cc(C)c(=O)n(C)c1Nc1ccc(C)cc1F.